The number of hydrogen-bond acceptors (Lipinski definition) is 4. The Labute approximate surface area is 105 Å². The standard InChI is InChI=1S/C13H17N3S/c1-14-10-3-2-6-16(8-10)11-4-5-12-13(7-11)17-9-15-12/h4-5,7,9-10,14H,2-3,6,8H2,1H3. The van der Waals surface area contributed by atoms with Crippen LogP contribution in [0.4, 0.5) is 5.69 Å². The van der Waals surface area contributed by atoms with Gasteiger partial charge in [0.2, 0.25) is 0 Å². The zero-order chi connectivity index (χ0) is 11.7. The number of piperidine rings is 1. The van der Waals surface area contributed by atoms with Crippen LogP contribution in [0.5, 0.6) is 0 Å². The van der Waals surface area contributed by atoms with Crippen molar-refractivity contribution in [2.24, 2.45) is 0 Å². The highest BCUT2D eigenvalue weighted by atomic mass is 32.1. The van der Waals surface area contributed by atoms with Crippen molar-refractivity contribution in [1.29, 1.82) is 0 Å². The van der Waals surface area contributed by atoms with Crippen molar-refractivity contribution in [3.05, 3.63) is 23.7 Å². The quantitative estimate of drug-likeness (QED) is 0.883. The average molecular weight is 247 g/mol. The molecule has 1 saturated heterocycles. The monoisotopic (exact) mass is 247 g/mol. The maximum atomic E-state index is 4.32. The van der Waals surface area contributed by atoms with Crippen molar-refractivity contribution in [3.63, 3.8) is 0 Å². The fraction of sp³-hybridized carbons (Fsp3) is 0.462. The summed E-state index contributed by atoms with van der Waals surface area (Å²) < 4.78 is 1.29. The second-order valence-corrected chi connectivity index (χ2v) is 5.46. The summed E-state index contributed by atoms with van der Waals surface area (Å²) in [5.41, 5.74) is 4.36. The molecule has 90 valence electrons. The number of fused-ring (bicyclic) bond motifs is 1. The first-order valence-corrected chi connectivity index (χ1v) is 7.00. The molecule has 0 radical (unpaired) electrons. The lowest BCUT2D eigenvalue weighted by atomic mass is 10.1. The number of hydrogen-bond donors (Lipinski definition) is 1. The van der Waals surface area contributed by atoms with E-state index in [0.29, 0.717) is 6.04 Å². The summed E-state index contributed by atoms with van der Waals surface area (Å²) in [6.45, 7) is 2.28. The Bertz CT molecular complexity index is 508. The molecule has 3 rings (SSSR count). The lowest BCUT2D eigenvalue weighted by molar-refractivity contribution is 0.450. The van der Waals surface area contributed by atoms with Gasteiger partial charge in [0, 0.05) is 24.8 Å². The number of aromatic nitrogens is 1. The maximum Gasteiger partial charge on any atom is 0.0813 e. The summed E-state index contributed by atoms with van der Waals surface area (Å²) in [6.07, 6.45) is 2.56. The van der Waals surface area contributed by atoms with E-state index >= 15 is 0 Å². The number of benzene rings is 1. The fourth-order valence-electron chi connectivity index (χ4n) is 2.49. The van der Waals surface area contributed by atoms with Crippen molar-refractivity contribution in [3.8, 4) is 0 Å². The van der Waals surface area contributed by atoms with Crippen LogP contribution in [-0.4, -0.2) is 31.2 Å². The van der Waals surface area contributed by atoms with E-state index in [2.05, 4.69) is 40.4 Å². The first kappa shape index (κ1) is 11.0. The Balaban J connectivity index is 1.86. The molecule has 1 atom stereocenters. The van der Waals surface area contributed by atoms with Gasteiger partial charge in [0.05, 0.1) is 15.7 Å². The first-order valence-electron chi connectivity index (χ1n) is 6.12. The summed E-state index contributed by atoms with van der Waals surface area (Å²) >= 11 is 1.72. The Morgan fingerprint density at radius 2 is 2.41 bits per heavy atom. The highest BCUT2D eigenvalue weighted by Crippen LogP contribution is 2.26. The van der Waals surface area contributed by atoms with E-state index in [4.69, 9.17) is 0 Å². The van der Waals surface area contributed by atoms with Crippen LogP contribution in [0.1, 0.15) is 12.8 Å². The van der Waals surface area contributed by atoms with E-state index in [0.717, 1.165) is 12.1 Å². The largest absolute Gasteiger partial charge is 0.370 e. The molecule has 1 aliphatic heterocycles. The van der Waals surface area contributed by atoms with Crippen molar-refractivity contribution in [1.82, 2.24) is 10.3 Å². The molecule has 1 aromatic carbocycles. The molecule has 3 nitrogen and oxygen atoms in total. The van der Waals surface area contributed by atoms with Gasteiger partial charge in [-0.2, -0.15) is 0 Å². The Kier molecular flexibility index (Phi) is 2.99. The van der Waals surface area contributed by atoms with Crippen LogP contribution in [0.25, 0.3) is 10.2 Å². The molecule has 1 aliphatic rings. The molecule has 17 heavy (non-hydrogen) atoms. The predicted molar refractivity (Wildman–Crippen MR) is 73.9 cm³/mol. The number of anilines is 1. The molecule has 4 heteroatoms. The zero-order valence-corrected chi connectivity index (χ0v) is 10.8. The molecule has 1 unspecified atom stereocenters. The van der Waals surface area contributed by atoms with Gasteiger partial charge < -0.3 is 10.2 Å². The third-order valence-electron chi connectivity index (χ3n) is 3.51. The molecule has 0 amide bonds. The van der Waals surface area contributed by atoms with Gasteiger partial charge in [0.25, 0.3) is 0 Å². The molecule has 1 aromatic heterocycles. The summed E-state index contributed by atoms with van der Waals surface area (Å²) in [7, 11) is 2.06. The third kappa shape index (κ3) is 2.15. The molecule has 0 spiro atoms. The molecule has 2 aromatic rings. The van der Waals surface area contributed by atoms with Crippen LogP contribution in [-0.2, 0) is 0 Å². The zero-order valence-electron chi connectivity index (χ0n) is 10.0. The van der Waals surface area contributed by atoms with E-state index < -0.39 is 0 Å². The van der Waals surface area contributed by atoms with Gasteiger partial charge in [0.15, 0.2) is 0 Å². The highest BCUT2D eigenvalue weighted by molar-refractivity contribution is 7.16. The number of thiazole rings is 1. The normalized spacial score (nSPS) is 21.0. The minimum atomic E-state index is 0.626. The van der Waals surface area contributed by atoms with Crippen LogP contribution in [0.2, 0.25) is 0 Å². The topological polar surface area (TPSA) is 28.2 Å². The molecule has 0 bridgehead atoms. The third-order valence-corrected chi connectivity index (χ3v) is 4.30. The smallest absolute Gasteiger partial charge is 0.0813 e. The summed E-state index contributed by atoms with van der Waals surface area (Å²) in [4.78, 5) is 6.80. The van der Waals surface area contributed by atoms with Gasteiger partial charge in [-0.25, -0.2) is 4.98 Å². The fourth-order valence-corrected chi connectivity index (χ4v) is 3.20. The molecular weight excluding hydrogens is 230 g/mol. The van der Waals surface area contributed by atoms with Gasteiger partial charge in [-0.3, -0.25) is 0 Å². The SMILES string of the molecule is CNC1CCCN(c2ccc3ncsc3c2)C1. The molecule has 0 aliphatic carbocycles. The van der Waals surface area contributed by atoms with Crippen LogP contribution in [0.3, 0.4) is 0 Å². The van der Waals surface area contributed by atoms with Gasteiger partial charge in [-0.15, -0.1) is 11.3 Å². The minimum Gasteiger partial charge on any atom is -0.370 e. The maximum absolute atomic E-state index is 4.32. The van der Waals surface area contributed by atoms with E-state index in [1.54, 1.807) is 11.3 Å². The van der Waals surface area contributed by atoms with Crippen LogP contribution in [0.15, 0.2) is 23.7 Å². The number of nitrogens with zero attached hydrogens (tertiary/aromatic N) is 2. The molecule has 1 N–H and O–H groups in total. The van der Waals surface area contributed by atoms with Crippen LogP contribution in [0, 0.1) is 0 Å². The predicted octanol–water partition coefficient (Wildman–Crippen LogP) is 2.48. The van der Waals surface area contributed by atoms with Crippen molar-refractivity contribution >= 4 is 27.2 Å². The minimum absolute atomic E-state index is 0.626. The summed E-state index contributed by atoms with van der Waals surface area (Å²) in [6, 6.07) is 7.22. The van der Waals surface area contributed by atoms with Crippen molar-refractivity contribution < 1.29 is 0 Å². The van der Waals surface area contributed by atoms with E-state index in [9.17, 15) is 0 Å². The van der Waals surface area contributed by atoms with Gasteiger partial charge in [-0.1, -0.05) is 0 Å². The number of nitrogens with one attached hydrogen (secondary N) is 1. The van der Waals surface area contributed by atoms with E-state index in [1.807, 2.05) is 5.51 Å². The second kappa shape index (κ2) is 4.63. The lowest BCUT2D eigenvalue weighted by Gasteiger charge is -2.34. The summed E-state index contributed by atoms with van der Waals surface area (Å²) in [5.74, 6) is 0. The van der Waals surface area contributed by atoms with Crippen LogP contribution < -0.4 is 10.2 Å². The molecular formula is C13H17N3S. The molecule has 1 fully saturated rings. The van der Waals surface area contributed by atoms with Crippen LogP contribution >= 0.6 is 11.3 Å². The van der Waals surface area contributed by atoms with E-state index in [1.165, 1.54) is 29.8 Å². The summed E-state index contributed by atoms with van der Waals surface area (Å²) in [5, 5.41) is 3.38. The number of rotatable bonds is 2. The Hall–Kier alpha value is -1.13. The second-order valence-electron chi connectivity index (χ2n) is 4.58. The first-order chi connectivity index (χ1) is 8.36. The molecule has 0 saturated carbocycles. The Morgan fingerprint density at radius 3 is 3.29 bits per heavy atom. The Morgan fingerprint density at radius 1 is 1.47 bits per heavy atom. The van der Waals surface area contributed by atoms with Crippen molar-refractivity contribution in [2.45, 2.75) is 18.9 Å². The highest BCUT2D eigenvalue weighted by Gasteiger charge is 2.18. The van der Waals surface area contributed by atoms with E-state index in [-0.39, 0.29) is 0 Å². The lowest BCUT2D eigenvalue weighted by Crippen LogP contribution is -2.44. The van der Waals surface area contributed by atoms with Gasteiger partial charge in [0.1, 0.15) is 0 Å². The van der Waals surface area contributed by atoms with Crippen molar-refractivity contribution in [2.75, 3.05) is 25.0 Å². The average Bonchev–Trinajstić information content (AvgIpc) is 2.86. The van der Waals surface area contributed by atoms with Gasteiger partial charge >= 0.3 is 0 Å². The molecule has 2 heterocycles. The number of likely N-dealkylation sites (N-methyl/N-ethyl adjacent to an activating group) is 1. The van der Waals surface area contributed by atoms with Gasteiger partial charge in [-0.05, 0) is 38.1 Å².